The van der Waals surface area contributed by atoms with Crippen LogP contribution in [0.15, 0.2) is 30.3 Å². The zero-order chi connectivity index (χ0) is 17.9. The van der Waals surface area contributed by atoms with Crippen LogP contribution in [0.4, 0.5) is 15.9 Å². The third-order valence-corrected chi connectivity index (χ3v) is 3.26. The molecule has 0 bridgehead atoms. The van der Waals surface area contributed by atoms with Gasteiger partial charge in [-0.25, -0.2) is 4.39 Å². The van der Waals surface area contributed by atoms with Crippen LogP contribution in [0.5, 0.6) is 5.75 Å². The Balaban J connectivity index is 2.11. The van der Waals surface area contributed by atoms with Gasteiger partial charge < -0.3 is 20.2 Å². The minimum atomic E-state index is -1.03. The second-order valence-electron chi connectivity index (χ2n) is 5.24. The Labute approximate surface area is 137 Å². The average molecular weight is 333 g/mol. The van der Waals surface area contributed by atoms with Crippen LogP contribution in [-0.4, -0.2) is 21.9 Å². The van der Waals surface area contributed by atoms with Crippen LogP contribution in [-0.2, 0) is 4.79 Å². The maximum Gasteiger partial charge on any atom is 0.406 e. The number of ether oxygens (including phenoxy) is 1. The van der Waals surface area contributed by atoms with Gasteiger partial charge in [0.2, 0.25) is 5.75 Å². The molecule has 1 amide bonds. The molecule has 0 aliphatic rings. The maximum absolute atomic E-state index is 13.5. The van der Waals surface area contributed by atoms with Crippen molar-refractivity contribution in [2.24, 2.45) is 0 Å². The van der Waals surface area contributed by atoms with E-state index in [9.17, 15) is 19.3 Å². The molecule has 0 spiro atoms. The first-order chi connectivity index (χ1) is 11.3. The summed E-state index contributed by atoms with van der Waals surface area (Å²) in [4.78, 5) is 26.2. The number of halogens is 1. The minimum absolute atomic E-state index is 0.108. The minimum Gasteiger partial charge on any atom is -0.473 e. The van der Waals surface area contributed by atoms with Gasteiger partial charge >= 0.3 is 5.82 Å². The van der Waals surface area contributed by atoms with Crippen LogP contribution in [0.2, 0.25) is 0 Å². The van der Waals surface area contributed by atoms with E-state index in [0.29, 0.717) is 11.3 Å². The third kappa shape index (κ3) is 4.03. The molecule has 0 aliphatic heterocycles. The fourth-order valence-corrected chi connectivity index (χ4v) is 1.91. The number of hydrogen-bond donors (Lipinski definition) is 1. The summed E-state index contributed by atoms with van der Waals surface area (Å²) in [5.74, 6) is -1.58. The number of nitro groups is 1. The van der Waals surface area contributed by atoms with Gasteiger partial charge in [-0.1, -0.05) is 6.07 Å². The summed E-state index contributed by atoms with van der Waals surface area (Å²) in [7, 11) is 0. The normalized spacial score (nSPS) is 11.7. The summed E-state index contributed by atoms with van der Waals surface area (Å²) in [6.07, 6.45) is -1.03. The van der Waals surface area contributed by atoms with Gasteiger partial charge in [0.05, 0.1) is 0 Å². The van der Waals surface area contributed by atoms with Crippen LogP contribution in [0.1, 0.15) is 18.2 Å². The largest absolute Gasteiger partial charge is 0.473 e. The molecule has 1 aromatic carbocycles. The summed E-state index contributed by atoms with van der Waals surface area (Å²) in [5.41, 5.74) is 1.19. The SMILES string of the molecule is Cc1ccc(O[C@@H](C)C(=O)Nc2ccc(C)c(F)c2)c([N+](=O)[O-])n1. The third-order valence-electron chi connectivity index (χ3n) is 3.26. The van der Waals surface area contributed by atoms with Crippen molar-refractivity contribution in [1.82, 2.24) is 4.98 Å². The fourth-order valence-electron chi connectivity index (χ4n) is 1.91. The van der Waals surface area contributed by atoms with Gasteiger partial charge in [0, 0.05) is 12.6 Å². The lowest BCUT2D eigenvalue weighted by molar-refractivity contribution is -0.390. The van der Waals surface area contributed by atoms with E-state index >= 15 is 0 Å². The van der Waals surface area contributed by atoms with E-state index in [1.807, 2.05) is 0 Å². The number of rotatable bonds is 5. The molecule has 126 valence electrons. The van der Waals surface area contributed by atoms with E-state index < -0.39 is 28.6 Å². The van der Waals surface area contributed by atoms with Crippen molar-refractivity contribution < 1.29 is 18.8 Å². The molecule has 1 heterocycles. The molecule has 0 unspecified atom stereocenters. The lowest BCUT2D eigenvalue weighted by Crippen LogP contribution is -2.30. The monoisotopic (exact) mass is 333 g/mol. The van der Waals surface area contributed by atoms with Gasteiger partial charge in [0.15, 0.2) is 6.10 Å². The number of carbonyl (C=O) groups excluding carboxylic acids is 1. The second-order valence-corrected chi connectivity index (χ2v) is 5.24. The predicted octanol–water partition coefficient (Wildman–Crippen LogP) is 3.15. The first-order valence-corrected chi connectivity index (χ1v) is 7.13. The molecule has 24 heavy (non-hydrogen) atoms. The molecule has 0 fully saturated rings. The van der Waals surface area contributed by atoms with Crippen molar-refractivity contribution in [3.8, 4) is 5.75 Å². The number of aromatic nitrogens is 1. The van der Waals surface area contributed by atoms with E-state index in [1.54, 1.807) is 26.0 Å². The zero-order valence-electron chi connectivity index (χ0n) is 13.4. The number of nitrogens with zero attached hydrogens (tertiary/aromatic N) is 2. The topological polar surface area (TPSA) is 94.4 Å². The number of aryl methyl sites for hydroxylation is 2. The second kappa shape index (κ2) is 7.03. The Bertz CT molecular complexity index is 795. The Morgan fingerprint density at radius 1 is 1.33 bits per heavy atom. The van der Waals surface area contributed by atoms with E-state index in [2.05, 4.69) is 10.3 Å². The number of hydrogen-bond acceptors (Lipinski definition) is 5. The van der Waals surface area contributed by atoms with Crippen molar-refractivity contribution in [2.75, 3.05) is 5.32 Å². The summed E-state index contributed by atoms with van der Waals surface area (Å²) >= 11 is 0. The summed E-state index contributed by atoms with van der Waals surface area (Å²) in [5, 5.41) is 13.5. The molecule has 2 aromatic rings. The van der Waals surface area contributed by atoms with Gasteiger partial charge in [-0.2, -0.15) is 0 Å². The summed E-state index contributed by atoms with van der Waals surface area (Å²) < 4.78 is 18.8. The molecule has 1 aromatic heterocycles. The number of carbonyl (C=O) groups is 1. The highest BCUT2D eigenvalue weighted by atomic mass is 19.1. The first kappa shape index (κ1) is 17.3. The Morgan fingerprint density at radius 3 is 2.67 bits per heavy atom. The van der Waals surface area contributed by atoms with Crippen molar-refractivity contribution in [3.05, 3.63) is 57.5 Å². The molecule has 8 heteroatoms. The smallest absolute Gasteiger partial charge is 0.406 e. The quantitative estimate of drug-likeness (QED) is 0.670. The Morgan fingerprint density at radius 2 is 2.04 bits per heavy atom. The molecule has 2 rings (SSSR count). The molecule has 0 saturated carbocycles. The van der Waals surface area contributed by atoms with Gasteiger partial charge in [0.1, 0.15) is 11.5 Å². The molecule has 0 saturated heterocycles. The first-order valence-electron chi connectivity index (χ1n) is 7.13. The van der Waals surface area contributed by atoms with Gasteiger partial charge in [-0.3, -0.25) is 4.79 Å². The molecule has 7 nitrogen and oxygen atoms in total. The highest BCUT2D eigenvalue weighted by Gasteiger charge is 2.23. The molecular weight excluding hydrogens is 317 g/mol. The molecule has 0 radical (unpaired) electrons. The van der Waals surface area contributed by atoms with Crippen LogP contribution >= 0.6 is 0 Å². The average Bonchev–Trinajstić information content (AvgIpc) is 2.52. The Kier molecular flexibility index (Phi) is 5.08. The number of pyridine rings is 1. The van der Waals surface area contributed by atoms with E-state index in [1.165, 1.54) is 25.1 Å². The van der Waals surface area contributed by atoms with Crippen LogP contribution in [0.3, 0.4) is 0 Å². The molecule has 1 N–H and O–H groups in total. The van der Waals surface area contributed by atoms with Crippen molar-refractivity contribution >= 4 is 17.4 Å². The summed E-state index contributed by atoms with van der Waals surface area (Å²) in [6, 6.07) is 7.21. The van der Waals surface area contributed by atoms with E-state index in [-0.39, 0.29) is 11.4 Å². The summed E-state index contributed by atoms with van der Waals surface area (Å²) in [6.45, 7) is 4.65. The van der Waals surface area contributed by atoms with Gasteiger partial charge in [-0.15, -0.1) is 0 Å². The fraction of sp³-hybridized carbons (Fsp3) is 0.250. The molecule has 1 atom stereocenters. The van der Waals surface area contributed by atoms with Gasteiger partial charge in [0.25, 0.3) is 5.91 Å². The number of amides is 1. The number of nitrogens with one attached hydrogen (secondary N) is 1. The number of benzene rings is 1. The standard InChI is InChI=1S/C16H16FN3O4/c1-9-4-6-12(8-13(9)17)19-16(21)11(3)24-14-7-5-10(2)18-15(14)20(22)23/h4-8,11H,1-3H3,(H,19,21)/t11-/m0/s1. The highest BCUT2D eigenvalue weighted by Crippen LogP contribution is 2.25. The van der Waals surface area contributed by atoms with Crippen molar-refractivity contribution in [3.63, 3.8) is 0 Å². The van der Waals surface area contributed by atoms with Crippen molar-refractivity contribution in [1.29, 1.82) is 0 Å². The van der Waals surface area contributed by atoms with Crippen LogP contribution in [0.25, 0.3) is 0 Å². The van der Waals surface area contributed by atoms with E-state index in [0.717, 1.165) is 0 Å². The maximum atomic E-state index is 13.5. The predicted molar refractivity (Wildman–Crippen MR) is 85.5 cm³/mol. The Hall–Kier alpha value is -3.03. The lowest BCUT2D eigenvalue weighted by atomic mass is 10.2. The highest BCUT2D eigenvalue weighted by molar-refractivity contribution is 5.94. The van der Waals surface area contributed by atoms with Crippen molar-refractivity contribution in [2.45, 2.75) is 26.9 Å². The zero-order valence-corrected chi connectivity index (χ0v) is 13.4. The molecular formula is C16H16FN3O4. The van der Waals surface area contributed by atoms with E-state index in [4.69, 9.17) is 4.74 Å². The number of anilines is 1. The van der Waals surface area contributed by atoms with Crippen LogP contribution < -0.4 is 10.1 Å². The van der Waals surface area contributed by atoms with Gasteiger partial charge in [-0.05, 0) is 53.6 Å². The molecule has 0 aliphatic carbocycles. The van der Waals surface area contributed by atoms with Crippen LogP contribution in [0, 0.1) is 29.8 Å². The lowest BCUT2D eigenvalue weighted by Gasteiger charge is -2.14.